The molecule has 7 heteroatoms. The SMILES string of the molecule is CC1(C)C(=O)NCC(=O)N1CCC(F)(F)F. The van der Waals surface area contributed by atoms with Crippen molar-refractivity contribution in [3.63, 3.8) is 0 Å². The van der Waals surface area contributed by atoms with Crippen LogP contribution >= 0.6 is 0 Å². The van der Waals surface area contributed by atoms with Gasteiger partial charge in [-0.1, -0.05) is 0 Å². The fourth-order valence-corrected chi connectivity index (χ4v) is 1.54. The summed E-state index contributed by atoms with van der Waals surface area (Å²) in [6.45, 7) is 2.13. The van der Waals surface area contributed by atoms with E-state index in [0.29, 0.717) is 0 Å². The number of halogens is 3. The first-order valence-corrected chi connectivity index (χ1v) is 4.80. The van der Waals surface area contributed by atoms with E-state index < -0.39 is 36.5 Å². The molecule has 0 bridgehead atoms. The molecule has 0 unspecified atom stereocenters. The first-order valence-electron chi connectivity index (χ1n) is 4.80. The standard InChI is InChI=1S/C9H13F3N2O2/c1-8(2)7(16)13-5-6(15)14(8)4-3-9(10,11)12/h3-5H2,1-2H3,(H,13,16). The van der Waals surface area contributed by atoms with E-state index in [1.54, 1.807) is 0 Å². The second-order valence-electron chi connectivity index (χ2n) is 4.15. The monoisotopic (exact) mass is 238 g/mol. The number of hydrogen-bond acceptors (Lipinski definition) is 2. The Balaban J connectivity index is 2.75. The van der Waals surface area contributed by atoms with Crippen LogP contribution in [-0.4, -0.2) is 41.5 Å². The Morgan fingerprint density at radius 3 is 2.44 bits per heavy atom. The molecule has 0 radical (unpaired) electrons. The zero-order valence-corrected chi connectivity index (χ0v) is 9.02. The van der Waals surface area contributed by atoms with Crippen LogP contribution in [-0.2, 0) is 9.59 Å². The molecule has 1 heterocycles. The lowest BCUT2D eigenvalue weighted by atomic mass is 9.98. The van der Waals surface area contributed by atoms with Crippen molar-refractivity contribution in [2.45, 2.75) is 32.0 Å². The van der Waals surface area contributed by atoms with E-state index in [1.807, 2.05) is 0 Å². The molecular formula is C9H13F3N2O2. The molecule has 1 aliphatic rings. The molecule has 1 aliphatic heterocycles. The van der Waals surface area contributed by atoms with Crippen molar-refractivity contribution in [2.24, 2.45) is 0 Å². The van der Waals surface area contributed by atoms with Crippen molar-refractivity contribution in [1.82, 2.24) is 10.2 Å². The number of rotatable bonds is 2. The van der Waals surface area contributed by atoms with Gasteiger partial charge in [0.2, 0.25) is 11.8 Å². The minimum absolute atomic E-state index is 0.236. The van der Waals surface area contributed by atoms with E-state index in [2.05, 4.69) is 5.32 Å². The molecule has 16 heavy (non-hydrogen) atoms. The van der Waals surface area contributed by atoms with Gasteiger partial charge in [-0.15, -0.1) is 0 Å². The van der Waals surface area contributed by atoms with Crippen molar-refractivity contribution in [3.8, 4) is 0 Å². The lowest BCUT2D eigenvalue weighted by molar-refractivity contribution is -0.160. The van der Waals surface area contributed by atoms with Crippen LogP contribution in [0.15, 0.2) is 0 Å². The van der Waals surface area contributed by atoms with Gasteiger partial charge in [-0.2, -0.15) is 13.2 Å². The summed E-state index contributed by atoms with van der Waals surface area (Å²) in [4.78, 5) is 23.8. The van der Waals surface area contributed by atoms with Crippen LogP contribution in [0.3, 0.4) is 0 Å². The highest BCUT2D eigenvalue weighted by atomic mass is 19.4. The smallest absolute Gasteiger partial charge is 0.345 e. The van der Waals surface area contributed by atoms with Crippen molar-refractivity contribution in [3.05, 3.63) is 0 Å². The van der Waals surface area contributed by atoms with Crippen LogP contribution in [0.25, 0.3) is 0 Å². The van der Waals surface area contributed by atoms with Gasteiger partial charge in [-0.05, 0) is 13.8 Å². The zero-order valence-electron chi connectivity index (χ0n) is 9.02. The Kier molecular flexibility index (Phi) is 3.16. The summed E-state index contributed by atoms with van der Waals surface area (Å²) in [5, 5.41) is 2.34. The maximum Gasteiger partial charge on any atom is 0.390 e. The number of hydrogen-bond donors (Lipinski definition) is 1. The van der Waals surface area contributed by atoms with Gasteiger partial charge in [0.1, 0.15) is 5.54 Å². The molecule has 1 saturated heterocycles. The van der Waals surface area contributed by atoms with Crippen molar-refractivity contribution < 1.29 is 22.8 Å². The van der Waals surface area contributed by atoms with E-state index in [0.717, 1.165) is 4.90 Å². The van der Waals surface area contributed by atoms with Crippen molar-refractivity contribution in [1.29, 1.82) is 0 Å². The summed E-state index contributed by atoms with van der Waals surface area (Å²) in [7, 11) is 0. The molecule has 4 nitrogen and oxygen atoms in total. The number of nitrogens with zero attached hydrogens (tertiary/aromatic N) is 1. The third-order valence-electron chi connectivity index (χ3n) is 2.55. The minimum atomic E-state index is -4.33. The van der Waals surface area contributed by atoms with Gasteiger partial charge in [0.15, 0.2) is 0 Å². The zero-order chi connectivity index (χ0) is 12.6. The normalized spacial score (nSPS) is 20.9. The molecule has 1 rings (SSSR count). The molecule has 1 fully saturated rings. The van der Waals surface area contributed by atoms with Crippen LogP contribution < -0.4 is 5.32 Å². The van der Waals surface area contributed by atoms with Gasteiger partial charge in [0.25, 0.3) is 0 Å². The minimum Gasteiger partial charge on any atom is -0.345 e. The summed E-state index contributed by atoms with van der Waals surface area (Å²) in [6, 6.07) is 0. The second-order valence-corrected chi connectivity index (χ2v) is 4.15. The number of alkyl halides is 3. The summed E-state index contributed by atoms with van der Waals surface area (Å²) in [5.41, 5.74) is -1.22. The lowest BCUT2D eigenvalue weighted by Gasteiger charge is -2.41. The summed E-state index contributed by atoms with van der Waals surface area (Å²) >= 11 is 0. The molecule has 0 atom stereocenters. The van der Waals surface area contributed by atoms with Crippen LogP contribution in [0.4, 0.5) is 13.2 Å². The highest BCUT2D eigenvalue weighted by Crippen LogP contribution is 2.24. The molecule has 2 amide bonds. The molecule has 0 aromatic heterocycles. The summed E-state index contributed by atoms with van der Waals surface area (Å²) in [5.74, 6) is -0.928. The average molecular weight is 238 g/mol. The van der Waals surface area contributed by atoms with E-state index in [1.165, 1.54) is 13.8 Å². The largest absolute Gasteiger partial charge is 0.390 e. The Bertz CT molecular complexity index is 312. The van der Waals surface area contributed by atoms with Crippen LogP contribution in [0.1, 0.15) is 20.3 Å². The third-order valence-corrected chi connectivity index (χ3v) is 2.55. The number of piperazine rings is 1. The van der Waals surface area contributed by atoms with Gasteiger partial charge in [0.05, 0.1) is 13.0 Å². The van der Waals surface area contributed by atoms with Gasteiger partial charge in [0, 0.05) is 6.54 Å². The van der Waals surface area contributed by atoms with E-state index in [4.69, 9.17) is 0 Å². The number of carbonyl (C=O) groups excluding carboxylic acids is 2. The Hall–Kier alpha value is -1.27. The lowest BCUT2D eigenvalue weighted by Crippen LogP contribution is -2.64. The van der Waals surface area contributed by atoms with E-state index >= 15 is 0 Å². The molecule has 1 N–H and O–H groups in total. The van der Waals surface area contributed by atoms with Gasteiger partial charge >= 0.3 is 6.18 Å². The maximum absolute atomic E-state index is 12.0. The molecule has 0 saturated carbocycles. The Labute approximate surface area is 90.8 Å². The third kappa shape index (κ3) is 2.65. The summed E-state index contributed by atoms with van der Waals surface area (Å²) in [6.07, 6.45) is -5.43. The Morgan fingerprint density at radius 2 is 1.94 bits per heavy atom. The molecule has 92 valence electrons. The molecule has 0 aromatic carbocycles. The van der Waals surface area contributed by atoms with Crippen molar-refractivity contribution in [2.75, 3.05) is 13.1 Å². The van der Waals surface area contributed by atoms with Gasteiger partial charge < -0.3 is 10.2 Å². The first-order chi connectivity index (χ1) is 7.14. The average Bonchev–Trinajstić information content (AvgIpc) is 2.09. The Morgan fingerprint density at radius 1 is 1.38 bits per heavy atom. The van der Waals surface area contributed by atoms with Crippen LogP contribution in [0, 0.1) is 0 Å². The highest BCUT2D eigenvalue weighted by Gasteiger charge is 2.42. The second kappa shape index (κ2) is 3.95. The quantitative estimate of drug-likeness (QED) is 0.769. The van der Waals surface area contributed by atoms with E-state index in [-0.39, 0.29) is 6.54 Å². The highest BCUT2D eigenvalue weighted by molar-refractivity contribution is 5.97. The number of nitrogens with one attached hydrogen (secondary N) is 1. The topological polar surface area (TPSA) is 49.4 Å². The molecular weight excluding hydrogens is 225 g/mol. The number of carbonyl (C=O) groups is 2. The number of amides is 2. The van der Waals surface area contributed by atoms with Crippen LogP contribution in [0.5, 0.6) is 0 Å². The molecule has 0 spiro atoms. The van der Waals surface area contributed by atoms with Gasteiger partial charge in [-0.3, -0.25) is 9.59 Å². The maximum atomic E-state index is 12.0. The summed E-state index contributed by atoms with van der Waals surface area (Å²) < 4.78 is 36.1. The first kappa shape index (κ1) is 12.8. The van der Waals surface area contributed by atoms with E-state index in [9.17, 15) is 22.8 Å². The fourth-order valence-electron chi connectivity index (χ4n) is 1.54. The molecule has 0 aromatic rings. The fraction of sp³-hybridized carbons (Fsp3) is 0.778. The van der Waals surface area contributed by atoms with Gasteiger partial charge in [-0.25, -0.2) is 0 Å². The van der Waals surface area contributed by atoms with Crippen LogP contribution in [0.2, 0.25) is 0 Å². The molecule has 0 aliphatic carbocycles. The predicted octanol–water partition coefficient (Wildman–Crippen LogP) is 0.676. The van der Waals surface area contributed by atoms with Crippen molar-refractivity contribution >= 4 is 11.8 Å². The predicted molar refractivity (Wildman–Crippen MR) is 49.5 cm³/mol.